The highest BCUT2D eigenvalue weighted by atomic mass is 15.2. The molecular formula is C18H23N3. The summed E-state index contributed by atoms with van der Waals surface area (Å²) in [6.07, 6.45) is 11.2. The van der Waals surface area contributed by atoms with Crippen LogP contribution in [-0.2, 0) is 12.8 Å². The average molecular weight is 281 g/mol. The monoisotopic (exact) mass is 281 g/mol. The zero-order chi connectivity index (χ0) is 14.2. The number of nitrogens with one attached hydrogen (secondary N) is 1. The number of anilines is 2. The van der Waals surface area contributed by atoms with E-state index in [1.54, 1.807) is 0 Å². The van der Waals surface area contributed by atoms with Crippen molar-refractivity contribution in [2.75, 3.05) is 5.32 Å². The second-order valence-electron chi connectivity index (χ2n) is 6.51. The van der Waals surface area contributed by atoms with E-state index in [2.05, 4.69) is 41.2 Å². The number of imidazole rings is 1. The van der Waals surface area contributed by atoms with Gasteiger partial charge in [0.05, 0.1) is 5.69 Å². The van der Waals surface area contributed by atoms with Crippen LogP contribution in [-0.4, -0.2) is 9.55 Å². The Labute approximate surface area is 126 Å². The maximum Gasteiger partial charge on any atom is 0.207 e. The Morgan fingerprint density at radius 3 is 2.76 bits per heavy atom. The van der Waals surface area contributed by atoms with E-state index in [0.29, 0.717) is 6.04 Å². The molecule has 1 N–H and O–H groups in total. The van der Waals surface area contributed by atoms with E-state index in [-0.39, 0.29) is 0 Å². The Hall–Kier alpha value is -1.77. The molecule has 3 nitrogen and oxygen atoms in total. The Morgan fingerprint density at radius 2 is 1.90 bits per heavy atom. The highest BCUT2D eigenvalue weighted by Gasteiger charge is 2.20. The first-order chi connectivity index (χ1) is 10.3. The third-order valence-electron chi connectivity index (χ3n) is 4.93. The maximum absolute atomic E-state index is 4.70. The zero-order valence-electron chi connectivity index (χ0n) is 12.7. The Bertz CT molecular complexity index is 650. The summed E-state index contributed by atoms with van der Waals surface area (Å²) in [5.41, 5.74) is 5.32. The predicted octanol–water partition coefficient (Wildman–Crippen LogP) is 4.54. The highest BCUT2D eigenvalue weighted by molar-refractivity contribution is 5.57. The molecule has 110 valence electrons. The van der Waals surface area contributed by atoms with Gasteiger partial charge < -0.3 is 9.88 Å². The highest BCUT2D eigenvalue weighted by Crippen LogP contribution is 2.33. The molecule has 1 saturated carbocycles. The lowest BCUT2D eigenvalue weighted by molar-refractivity contribution is 0.524. The second-order valence-corrected chi connectivity index (χ2v) is 6.51. The van der Waals surface area contributed by atoms with Crippen molar-refractivity contribution in [2.24, 2.45) is 0 Å². The standard InChI is InChI=1S/C18H23N3/c1-13-12-21(17-7-2-3-8-17)18(19-13)20-16-10-9-14-5-4-6-15(14)11-16/h9-12,17H,2-8H2,1H3,(H,19,20). The summed E-state index contributed by atoms with van der Waals surface area (Å²) >= 11 is 0. The lowest BCUT2D eigenvalue weighted by atomic mass is 10.1. The molecule has 1 aromatic carbocycles. The van der Waals surface area contributed by atoms with Gasteiger partial charge in [0, 0.05) is 17.9 Å². The normalized spacial score (nSPS) is 18.1. The number of aryl methyl sites for hydroxylation is 3. The molecule has 0 amide bonds. The van der Waals surface area contributed by atoms with Crippen LogP contribution in [0.1, 0.15) is 55.0 Å². The van der Waals surface area contributed by atoms with Gasteiger partial charge in [-0.05, 0) is 62.3 Å². The van der Waals surface area contributed by atoms with Gasteiger partial charge in [0.1, 0.15) is 0 Å². The number of hydrogen-bond acceptors (Lipinski definition) is 2. The summed E-state index contributed by atoms with van der Waals surface area (Å²) in [7, 11) is 0. The van der Waals surface area contributed by atoms with Crippen LogP contribution in [0.3, 0.4) is 0 Å². The molecule has 0 atom stereocenters. The Balaban J connectivity index is 1.62. The maximum atomic E-state index is 4.70. The number of rotatable bonds is 3. The summed E-state index contributed by atoms with van der Waals surface area (Å²) in [6, 6.07) is 7.42. The fraction of sp³-hybridized carbons (Fsp3) is 0.500. The van der Waals surface area contributed by atoms with Gasteiger partial charge in [-0.3, -0.25) is 0 Å². The van der Waals surface area contributed by atoms with Crippen molar-refractivity contribution < 1.29 is 0 Å². The summed E-state index contributed by atoms with van der Waals surface area (Å²) in [5, 5.41) is 3.55. The van der Waals surface area contributed by atoms with Gasteiger partial charge in [-0.1, -0.05) is 18.9 Å². The summed E-state index contributed by atoms with van der Waals surface area (Å²) in [6.45, 7) is 2.08. The van der Waals surface area contributed by atoms with Crippen molar-refractivity contribution in [2.45, 2.75) is 57.9 Å². The average Bonchev–Trinajstić information content (AvgIpc) is 3.18. The first-order valence-corrected chi connectivity index (χ1v) is 8.24. The number of fused-ring (bicyclic) bond motifs is 1. The molecule has 0 saturated heterocycles. The molecule has 0 unspecified atom stereocenters. The van der Waals surface area contributed by atoms with Crippen LogP contribution >= 0.6 is 0 Å². The van der Waals surface area contributed by atoms with Gasteiger partial charge >= 0.3 is 0 Å². The minimum atomic E-state index is 0.628. The molecule has 0 spiro atoms. The smallest absolute Gasteiger partial charge is 0.207 e. The minimum Gasteiger partial charge on any atom is -0.326 e. The van der Waals surface area contributed by atoms with Crippen molar-refractivity contribution in [3.8, 4) is 0 Å². The van der Waals surface area contributed by atoms with E-state index < -0.39 is 0 Å². The number of hydrogen-bond donors (Lipinski definition) is 1. The molecule has 21 heavy (non-hydrogen) atoms. The largest absolute Gasteiger partial charge is 0.326 e. The van der Waals surface area contributed by atoms with Crippen LogP contribution in [0.2, 0.25) is 0 Å². The number of nitrogens with zero attached hydrogens (tertiary/aromatic N) is 2. The topological polar surface area (TPSA) is 29.9 Å². The van der Waals surface area contributed by atoms with Gasteiger partial charge in [0.15, 0.2) is 0 Å². The van der Waals surface area contributed by atoms with Crippen molar-refractivity contribution in [1.29, 1.82) is 0 Å². The number of benzene rings is 1. The zero-order valence-corrected chi connectivity index (χ0v) is 12.7. The van der Waals surface area contributed by atoms with E-state index in [1.165, 1.54) is 61.8 Å². The molecule has 4 rings (SSSR count). The minimum absolute atomic E-state index is 0.628. The molecule has 3 heteroatoms. The molecular weight excluding hydrogens is 258 g/mol. The van der Waals surface area contributed by atoms with E-state index in [9.17, 15) is 0 Å². The van der Waals surface area contributed by atoms with Gasteiger partial charge in [0.2, 0.25) is 5.95 Å². The van der Waals surface area contributed by atoms with Crippen LogP contribution in [0.15, 0.2) is 24.4 Å². The van der Waals surface area contributed by atoms with Crippen molar-refractivity contribution in [3.63, 3.8) is 0 Å². The van der Waals surface area contributed by atoms with Crippen LogP contribution < -0.4 is 5.32 Å². The van der Waals surface area contributed by atoms with Gasteiger partial charge in [0.25, 0.3) is 0 Å². The van der Waals surface area contributed by atoms with Gasteiger partial charge in [-0.2, -0.15) is 0 Å². The van der Waals surface area contributed by atoms with E-state index >= 15 is 0 Å². The second kappa shape index (κ2) is 5.21. The fourth-order valence-corrected chi connectivity index (χ4v) is 3.85. The molecule has 1 heterocycles. The first-order valence-electron chi connectivity index (χ1n) is 8.24. The third kappa shape index (κ3) is 2.45. The molecule has 0 bridgehead atoms. The lowest BCUT2D eigenvalue weighted by Crippen LogP contribution is -2.08. The molecule has 2 aromatic rings. The summed E-state index contributed by atoms with van der Waals surface area (Å²) < 4.78 is 2.36. The van der Waals surface area contributed by atoms with Gasteiger partial charge in [-0.25, -0.2) is 4.98 Å². The SMILES string of the molecule is Cc1cn(C2CCCC2)c(Nc2ccc3c(c2)CCC3)n1. The molecule has 1 fully saturated rings. The summed E-state index contributed by atoms with van der Waals surface area (Å²) in [5.74, 6) is 1.01. The van der Waals surface area contributed by atoms with Crippen LogP contribution in [0.25, 0.3) is 0 Å². The Morgan fingerprint density at radius 1 is 1.10 bits per heavy atom. The fourth-order valence-electron chi connectivity index (χ4n) is 3.85. The third-order valence-corrected chi connectivity index (χ3v) is 4.93. The predicted molar refractivity (Wildman–Crippen MR) is 86.2 cm³/mol. The van der Waals surface area contributed by atoms with Gasteiger partial charge in [-0.15, -0.1) is 0 Å². The molecule has 0 aliphatic heterocycles. The molecule has 0 radical (unpaired) electrons. The first kappa shape index (κ1) is 12.9. The molecule has 2 aliphatic rings. The molecule has 2 aliphatic carbocycles. The summed E-state index contributed by atoms with van der Waals surface area (Å²) in [4.78, 5) is 4.70. The quantitative estimate of drug-likeness (QED) is 0.895. The van der Waals surface area contributed by atoms with E-state index in [4.69, 9.17) is 4.98 Å². The molecule has 1 aromatic heterocycles. The van der Waals surface area contributed by atoms with E-state index in [0.717, 1.165) is 11.6 Å². The number of aromatic nitrogens is 2. The van der Waals surface area contributed by atoms with E-state index in [1.807, 2.05) is 0 Å². The van der Waals surface area contributed by atoms with Crippen molar-refractivity contribution >= 4 is 11.6 Å². The van der Waals surface area contributed by atoms with Crippen LogP contribution in [0.4, 0.5) is 11.6 Å². The van der Waals surface area contributed by atoms with Crippen molar-refractivity contribution in [3.05, 3.63) is 41.2 Å². The van der Waals surface area contributed by atoms with Crippen LogP contribution in [0.5, 0.6) is 0 Å². The van der Waals surface area contributed by atoms with Crippen LogP contribution in [0, 0.1) is 6.92 Å². The lowest BCUT2D eigenvalue weighted by Gasteiger charge is -2.16. The Kier molecular flexibility index (Phi) is 3.21. The van der Waals surface area contributed by atoms with Crippen molar-refractivity contribution in [1.82, 2.24) is 9.55 Å².